The number of anilines is 1. The van der Waals surface area contributed by atoms with Crippen LogP contribution in [0.3, 0.4) is 0 Å². The Bertz CT molecular complexity index is 972. The Morgan fingerprint density at radius 2 is 1.86 bits per heavy atom. The van der Waals surface area contributed by atoms with Gasteiger partial charge in [0.25, 0.3) is 5.91 Å². The van der Waals surface area contributed by atoms with Crippen LogP contribution in [-0.4, -0.2) is 32.7 Å². The lowest BCUT2D eigenvalue weighted by molar-refractivity contribution is -0.123. The van der Waals surface area contributed by atoms with Crippen molar-refractivity contribution in [3.63, 3.8) is 0 Å². The van der Waals surface area contributed by atoms with E-state index in [4.69, 9.17) is 4.74 Å². The normalized spacial score (nSPS) is 11.7. The molecule has 0 bridgehead atoms. The molecule has 0 aliphatic carbocycles. The number of esters is 1. The molecule has 3 rings (SSSR count). The van der Waals surface area contributed by atoms with Gasteiger partial charge in [-0.15, -0.1) is 0 Å². The number of amides is 1. The van der Waals surface area contributed by atoms with Crippen LogP contribution in [0, 0.1) is 20.8 Å². The highest BCUT2D eigenvalue weighted by Crippen LogP contribution is 2.22. The van der Waals surface area contributed by atoms with E-state index in [1.165, 1.54) is 13.1 Å². The topological polar surface area (TPSA) is 86.1 Å². The summed E-state index contributed by atoms with van der Waals surface area (Å²) in [7, 11) is 0. The number of nitrogens with one attached hydrogen (secondary N) is 1. The van der Waals surface area contributed by atoms with Crippen LogP contribution in [0.2, 0.25) is 0 Å². The molecule has 0 aliphatic rings. The van der Waals surface area contributed by atoms with Crippen molar-refractivity contribution in [2.24, 2.45) is 0 Å². The molecule has 7 nitrogen and oxygen atoms in total. The Balaban J connectivity index is 1.64. The van der Waals surface area contributed by atoms with Gasteiger partial charge in [-0.3, -0.25) is 4.79 Å². The smallest absolute Gasteiger partial charge is 0.340 e. The van der Waals surface area contributed by atoms with Gasteiger partial charge < -0.3 is 10.1 Å². The molecule has 1 amide bonds. The molecule has 144 valence electrons. The number of pyridine rings is 1. The first-order valence-corrected chi connectivity index (χ1v) is 8.91. The van der Waals surface area contributed by atoms with Gasteiger partial charge in [0, 0.05) is 24.3 Å². The van der Waals surface area contributed by atoms with E-state index in [0.29, 0.717) is 5.82 Å². The Labute approximate surface area is 163 Å². The number of hydrogen-bond donors (Lipinski definition) is 1. The van der Waals surface area contributed by atoms with Crippen LogP contribution < -0.4 is 5.32 Å². The fourth-order valence-electron chi connectivity index (χ4n) is 2.93. The van der Waals surface area contributed by atoms with Crippen molar-refractivity contribution in [1.82, 2.24) is 14.8 Å². The van der Waals surface area contributed by atoms with Gasteiger partial charge in [-0.1, -0.05) is 17.7 Å². The van der Waals surface area contributed by atoms with Gasteiger partial charge in [0.2, 0.25) is 0 Å². The van der Waals surface area contributed by atoms with Gasteiger partial charge in [0.15, 0.2) is 11.9 Å². The standard InChI is InChI=1S/C21H22N4O3/c1-13-10-14(2)19(15(3)11-13)24-20(26)16(4)28-21(27)17-6-7-18(22-12-17)25-9-5-8-23-25/h5-12,16H,1-4H3,(H,24,26). The predicted octanol–water partition coefficient (Wildman–Crippen LogP) is 3.38. The van der Waals surface area contributed by atoms with Crippen molar-refractivity contribution in [3.8, 4) is 5.82 Å². The van der Waals surface area contributed by atoms with E-state index < -0.39 is 12.1 Å². The zero-order chi connectivity index (χ0) is 20.3. The van der Waals surface area contributed by atoms with E-state index in [-0.39, 0.29) is 11.5 Å². The maximum atomic E-state index is 12.5. The number of aromatic nitrogens is 3. The second-order valence-corrected chi connectivity index (χ2v) is 6.67. The number of aryl methyl sites for hydroxylation is 3. The fourth-order valence-corrected chi connectivity index (χ4v) is 2.93. The maximum absolute atomic E-state index is 12.5. The lowest BCUT2D eigenvalue weighted by atomic mass is 10.0. The SMILES string of the molecule is Cc1cc(C)c(NC(=O)C(C)OC(=O)c2ccc(-n3cccn3)nc2)c(C)c1. The highest BCUT2D eigenvalue weighted by Gasteiger charge is 2.20. The highest BCUT2D eigenvalue weighted by molar-refractivity contribution is 5.98. The van der Waals surface area contributed by atoms with Crippen LogP contribution in [0.15, 0.2) is 48.9 Å². The third-order valence-corrected chi connectivity index (χ3v) is 4.30. The molecule has 0 saturated heterocycles. The van der Waals surface area contributed by atoms with E-state index in [2.05, 4.69) is 15.4 Å². The Hall–Kier alpha value is -3.48. The van der Waals surface area contributed by atoms with Crippen LogP contribution >= 0.6 is 0 Å². The van der Waals surface area contributed by atoms with Crippen LogP contribution in [0.5, 0.6) is 0 Å². The minimum absolute atomic E-state index is 0.262. The Kier molecular flexibility index (Phi) is 5.54. The molecule has 7 heteroatoms. The zero-order valence-corrected chi connectivity index (χ0v) is 16.3. The summed E-state index contributed by atoms with van der Waals surface area (Å²) in [6.07, 6.45) is 3.85. The number of nitrogens with zero attached hydrogens (tertiary/aromatic N) is 3. The summed E-state index contributed by atoms with van der Waals surface area (Å²) in [5.74, 6) is -0.415. The molecule has 1 atom stereocenters. The summed E-state index contributed by atoms with van der Waals surface area (Å²) in [5.41, 5.74) is 4.05. The lowest BCUT2D eigenvalue weighted by Crippen LogP contribution is -2.30. The van der Waals surface area contributed by atoms with Crippen molar-refractivity contribution in [3.05, 3.63) is 71.2 Å². The minimum Gasteiger partial charge on any atom is -0.449 e. The number of ether oxygens (including phenoxy) is 1. The number of hydrogen-bond acceptors (Lipinski definition) is 5. The van der Waals surface area contributed by atoms with Crippen molar-refractivity contribution in [1.29, 1.82) is 0 Å². The second kappa shape index (κ2) is 8.04. The van der Waals surface area contributed by atoms with E-state index >= 15 is 0 Å². The lowest BCUT2D eigenvalue weighted by Gasteiger charge is -2.17. The van der Waals surface area contributed by atoms with E-state index in [9.17, 15) is 9.59 Å². The number of rotatable bonds is 5. The molecule has 1 N–H and O–H groups in total. The molecule has 0 fully saturated rings. The van der Waals surface area contributed by atoms with E-state index in [0.717, 1.165) is 22.4 Å². The molecule has 3 aromatic rings. The molecule has 2 heterocycles. The predicted molar refractivity (Wildman–Crippen MR) is 106 cm³/mol. The summed E-state index contributed by atoms with van der Waals surface area (Å²) < 4.78 is 6.87. The fraction of sp³-hybridized carbons (Fsp3) is 0.238. The number of carbonyl (C=O) groups excluding carboxylic acids is 2. The monoisotopic (exact) mass is 378 g/mol. The average molecular weight is 378 g/mol. The molecule has 28 heavy (non-hydrogen) atoms. The van der Waals surface area contributed by atoms with Crippen molar-refractivity contribution in [2.45, 2.75) is 33.8 Å². The first kappa shape index (κ1) is 19.3. The maximum Gasteiger partial charge on any atom is 0.340 e. The first-order chi connectivity index (χ1) is 13.3. The summed E-state index contributed by atoms with van der Waals surface area (Å²) in [5, 5.41) is 6.92. The first-order valence-electron chi connectivity index (χ1n) is 8.91. The molecular formula is C21H22N4O3. The van der Waals surface area contributed by atoms with Gasteiger partial charge in [-0.2, -0.15) is 5.10 Å². The summed E-state index contributed by atoms with van der Waals surface area (Å²) in [6, 6.07) is 9.01. The summed E-state index contributed by atoms with van der Waals surface area (Å²) in [4.78, 5) is 29.0. The molecular weight excluding hydrogens is 356 g/mol. The summed E-state index contributed by atoms with van der Waals surface area (Å²) in [6.45, 7) is 7.40. The quantitative estimate of drug-likeness (QED) is 0.688. The van der Waals surface area contributed by atoms with E-state index in [1.807, 2.05) is 32.9 Å². The minimum atomic E-state index is -0.946. The molecule has 0 saturated carbocycles. The van der Waals surface area contributed by atoms with Gasteiger partial charge in [-0.05, 0) is 57.0 Å². The molecule has 0 spiro atoms. The largest absolute Gasteiger partial charge is 0.449 e. The third-order valence-electron chi connectivity index (χ3n) is 4.30. The molecule has 0 radical (unpaired) electrons. The molecule has 1 unspecified atom stereocenters. The van der Waals surface area contributed by atoms with Gasteiger partial charge in [-0.25, -0.2) is 14.5 Å². The highest BCUT2D eigenvalue weighted by atomic mass is 16.5. The van der Waals surface area contributed by atoms with Crippen molar-refractivity contribution >= 4 is 17.6 Å². The van der Waals surface area contributed by atoms with Crippen molar-refractivity contribution < 1.29 is 14.3 Å². The van der Waals surface area contributed by atoms with Crippen LogP contribution in [0.4, 0.5) is 5.69 Å². The number of carbonyl (C=O) groups is 2. The molecule has 2 aromatic heterocycles. The average Bonchev–Trinajstić information content (AvgIpc) is 3.19. The Morgan fingerprint density at radius 3 is 2.43 bits per heavy atom. The van der Waals surface area contributed by atoms with Crippen molar-refractivity contribution in [2.75, 3.05) is 5.32 Å². The van der Waals surface area contributed by atoms with Gasteiger partial charge in [0.1, 0.15) is 0 Å². The summed E-state index contributed by atoms with van der Waals surface area (Å²) >= 11 is 0. The van der Waals surface area contributed by atoms with Gasteiger partial charge >= 0.3 is 5.97 Å². The third kappa shape index (κ3) is 4.25. The molecule has 0 aliphatic heterocycles. The van der Waals surface area contributed by atoms with Crippen LogP contribution in [-0.2, 0) is 9.53 Å². The Morgan fingerprint density at radius 1 is 1.14 bits per heavy atom. The zero-order valence-electron chi connectivity index (χ0n) is 16.3. The van der Waals surface area contributed by atoms with Crippen LogP contribution in [0.1, 0.15) is 34.0 Å². The second-order valence-electron chi connectivity index (χ2n) is 6.67. The van der Waals surface area contributed by atoms with Crippen LogP contribution in [0.25, 0.3) is 5.82 Å². The van der Waals surface area contributed by atoms with E-state index in [1.54, 1.807) is 35.3 Å². The molecule has 1 aromatic carbocycles. The van der Waals surface area contributed by atoms with Gasteiger partial charge in [0.05, 0.1) is 5.56 Å². The number of benzene rings is 1.